The van der Waals surface area contributed by atoms with Crippen molar-refractivity contribution in [3.63, 3.8) is 0 Å². The maximum absolute atomic E-state index is 13.6. The Kier molecular flexibility index (Phi) is 7.67. The predicted molar refractivity (Wildman–Crippen MR) is 134 cm³/mol. The normalized spacial score (nSPS) is 15.3. The number of Topliss-reactive ketones (excluding diaryl/α,β-unsaturated/α-hetero) is 1. The molecule has 7 heteroatoms. The molecule has 4 rings (SSSR count). The first-order valence-electron chi connectivity index (χ1n) is 11.6. The second-order valence-electron chi connectivity index (χ2n) is 8.66. The molecule has 0 bridgehead atoms. The minimum absolute atomic E-state index is 0.183. The van der Waals surface area contributed by atoms with E-state index in [4.69, 9.17) is 0 Å². The molecule has 1 aromatic heterocycles. The van der Waals surface area contributed by atoms with E-state index in [1.54, 1.807) is 17.9 Å². The van der Waals surface area contributed by atoms with Gasteiger partial charge in [0.05, 0.1) is 0 Å². The van der Waals surface area contributed by atoms with Crippen molar-refractivity contribution in [3.8, 4) is 0 Å². The number of aromatic nitrogens is 1. The van der Waals surface area contributed by atoms with Crippen LogP contribution in [-0.2, 0) is 4.79 Å². The van der Waals surface area contributed by atoms with Gasteiger partial charge in [-0.15, -0.1) is 0 Å². The Labute approximate surface area is 203 Å². The molecule has 180 valence electrons. The summed E-state index contributed by atoms with van der Waals surface area (Å²) in [6.07, 6.45) is 5.69. The highest BCUT2D eigenvalue weighted by molar-refractivity contribution is 6.11. The Morgan fingerprint density at radius 1 is 0.943 bits per heavy atom. The van der Waals surface area contributed by atoms with Crippen LogP contribution in [0.15, 0.2) is 83.8 Å². The van der Waals surface area contributed by atoms with Crippen LogP contribution in [0.3, 0.4) is 0 Å². The average Bonchev–Trinajstić information content (AvgIpc) is 2.87. The molecule has 0 N–H and O–H groups in total. The Morgan fingerprint density at radius 3 is 2.31 bits per heavy atom. The Balaban J connectivity index is 1.49. The molecule has 6 nitrogen and oxygen atoms in total. The number of nitrogens with zero attached hydrogens (tertiary/aromatic N) is 3. The molecule has 0 aliphatic carbocycles. The molecule has 35 heavy (non-hydrogen) atoms. The zero-order valence-electron chi connectivity index (χ0n) is 19.6. The van der Waals surface area contributed by atoms with Crippen LogP contribution in [0.5, 0.6) is 0 Å². The van der Waals surface area contributed by atoms with Crippen LogP contribution in [0.4, 0.5) is 4.39 Å². The van der Waals surface area contributed by atoms with Gasteiger partial charge in [-0.1, -0.05) is 48.6 Å². The molecule has 1 fully saturated rings. The summed E-state index contributed by atoms with van der Waals surface area (Å²) in [4.78, 5) is 43.5. The molecule has 1 saturated heterocycles. The van der Waals surface area contributed by atoms with Gasteiger partial charge in [-0.3, -0.25) is 23.9 Å². The van der Waals surface area contributed by atoms with Crippen molar-refractivity contribution in [2.75, 3.05) is 32.7 Å². The third kappa shape index (κ3) is 6.00. The van der Waals surface area contributed by atoms with Crippen LogP contribution in [-0.4, -0.2) is 58.8 Å². The lowest BCUT2D eigenvalue weighted by Gasteiger charge is -2.36. The molecule has 3 aromatic rings. The molecule has 0 saturated carbocycles. The predicted octanol–water partition coefficient (Wildman–Crippen LogP) is 3.58. The highest BCUT2D eigenvalue weighted by atomic mass is 19.1. The number of halogens is 1. The van der Waals surface area contributed by atoms with Crippen LogP contribution < -0.4 is 5.56 Å². The standard InChI is InChI=1S/C28H28FN3O3/c1-21-9-14-25(33)32(20-21)26(27(34)23-10-12-24(29)13-11-23)28(35)31-18-16-30(17-19-31)15-5-8-22-6-3-2-4-7-22/h2-14,20,26H,15-19H2,1H3. The molecular formula is C28H28FN3O3. The number of carbonyl (C=O) groups excluding carboxylic acids is 2. The van der Waals surface area contributed by atoms with Crippen molar-refractivity contribution in [2.45, 2.75) is 13.0 Å². The van der Waals surface area contributed by atoms with Crippen molar-refractivity contribution in [3.05, 3.63) is 112 Å². The Morgan fingerprint density at radius 2 is 1.63 bits per heavy atom. The number of piperazine rings is 1. The van der Waals surface area contributed by atoms with Gasteiger partial charge in [0.15, 0.2) is 11.8 Å². The molecule has 0 radical (unpaired) electrons. The van der Waals surface area contributed by atoms with Gasteiger partial charge < -0.3 is 4.90 Å². The number of rotatable bonds is 7. The van der Waals surface area contributed by atoms with E-state index in [1.807, 2.05) is 30.3 Å². The average molecular weight is 474 g/mol. The zero-order valence-corrected chi connectivity index (χ0v) is 19.6. The smallest absolute Gasteiger partial charge is 0.253 e. The van der Waals surface area contributed by atoms with E-state index in [2.05, 4.69) is 17.1 Å². The van der Waals surface area contributed by atoms with Crippen LogP contribution in [0.1, 0.15) is 27.5 Å². The maximum atomic E-state index is 13.6. The van der Waals surface area contributed by atoms with Crippen LogP contribution >= 0.6 is 0 Å². The lowest BCUT2D eigenvalue weighted by atomic mass is 10.0. The quantitative estimate of drug-likeness (QED) is 0.389. The summed E-state index contributed by atoms with van der Waals surface area (Å²) >= 11 is 0. The molecule has 1 aliphatic heterocycles. The van der Waals surface area contributed by atoms with E-state index in [-0.39, 0.29) is 5.56 Å². The topological polar surface area (TPSA) is 62.6 Å². The maximum Gasteiger partial charge on any atom is 0.253 e. The van der Waals surface area contributed by atoms with Crippen molar-refractivity contribution in [2.24, 2.45) is 0 Å². The zero-order chi connectivity index (χ0) is 24.8. The molecular weight excluding hydrogens is 445 g/mol. The fraction of sp³-hybridized carbons (Fsp3) is 0.250. The molecule has 1 aliphatic rings. The molecule has 2 heterocycles. The van der Waals surface area contributed by atoms with Gasteiger partial charge in [-0.2, -0.15) is 0 Å². The molecule has 1 unspecified atom stereocenters. The number of pyridine rings is 1. The minimum Gasteiger partial charge on any atom is -0.338 e. The van der Waals surface area contributed by atoms with E-state index >= 15 is 0 Å². The van der Waals surface area contributed by atoms with Gasteiger partial charge in [-0.05, 0) is 42.3 Å². The summed E-state index contributed by atoms with van der Waals surface area (Å²) in [5.41, 5.74) is 1.63. The molecule has 1 atom stereocenters. The summed E-state index contributed by atoms with van der Waals surface area (Å²) in [5.74, 6) is -1.43. The molecule has 0 spiro atoms. The fourth-order valence-electron chi connectivity index (χ4n) is 4.17. The number of hydrogen-bond acceptors (Lipinski definition) is 4. The highest BCUT2D eigenvalue weighted by Crippen LogP contribution is 2.19. The Hall–Kier alpha value is -3.84. The van der Waals surface area contributed by atoms with Crippen molar-refractivity contribution >= 4 is 17.8 Å². The third-order valence-corrected chi connectivity index (χ3v) is 6.13. The van der Waals surface area contributed by atoms with Gasteiger partial charge in [0.1, 0.15) is 5.82 Å². The first-order valence-corrected chi connectivity index (χ1v) is 11.6. The van der Waals surface area contributed by atoms with E-state index in [1.165, 1.54) is 41.1 Å². The summed E-state index contributed by atoms with van der Waals surface area (Å²) in [7, 11) is 0. The minimum atomic E-state index is -1.34. The number of aryl methyl sites for hydroxylation is 1. The van der Waals surface area contributed by atoms with E-state index in [0.717, 1.165) is 17.7 Å². The second kappa shape index (κ2) is 11.1. The van der Waals surface area contributed by atoms with Crippen molar-refractivity contribution in [1.29, 1.82) is 0 Å². The molecule has 2 aromatic carbocycles. The number of ketones is 1. The van der Waals surface area contributed by atoms with Crippen molar-refractivity contribution < 1.29 is 14.0 Å². The monoisotopic (exact) mass is 473 g/mol. The van der Waals surface area contributed by atoms with E-state index in [0.29, 0.717) is 26.2 Å². The lowest BCUT2D eigenvalue weighted by Crippen LogP contribution is -2.52. The number of carbonyl (C=O) groups is 2. The van der Waals surface area contributed by atoms with Gasteiger partial charge in [-0.25, -0.2) is 4.39 Å². The van der Waals surface area contributed by atoms with Gasteiger partial charge in [0.25, 0.3) is 11.5 Å². The Bertz CT molecular complexity index is 1260. The summed E-state index contributed by atoms with van der Waals surface area (Å²) in [6, 6.07) is 16.7. The summed E-state index contributed by atoms with van der Waals surface area (Å²) in [6.45, 7) is 4.77. The first kappa shape index (κ1) is 24.3. The number of hydrogen-bond donors (Lipinski definition) is 0. The van der Waals surface area contributed by atoms with E-state index in [9.17, 15) is 18.8 Å². The van der Waals surface area contributed by atoms with Crippen LogP contribution in [0.25, 0.3) is 6.08 Å². The largest absolute Gasteiger partial charge is 0.338 e. The number of benzene rings is 2. The first-order chi connectivity index (χ1) is 16.9. The second-order valence-corrected chi connectivity index (χ2v) is 8.66. The van der Waals surface area contributed by atoms with Gasteiger partial charge in [0, 0.05) is 50.6 Å². The highest BCUT2D eigenvalue weighted by Gasteiger charge is 2.35. The van der Waals surface area contributed by atoms with E-state index < -0.39 is 29.1 Å². The summed E-state index contributed by atoms with van der Waals surface area (Å²) in [5, 5.41) is 0. The number of amides is 1. The lowest BCUT2D eigenvalue weighted by molar-refractivity contribution is -0.135. The molecule has 1 amide bonds. The third-order valence-electron chi connectivity index (χ3n) is 6.13. The summed E-state index contributed by atoms with van der Waals surface area (Å²) < 4.78 is 14.6. The van der Waals surface area contributed by atoms with Gasteiger partial charge in [0.2, 0.25) is 0 Å². The van der Waals surface area contributed by atoms with Crippen LogP contribution in [0, 0.1) is 12.7 Å². The fourth-order valence-corrected chi connectivity index (χ4v) is 4.17. The van der Waals surface area contributed by atoms with Crippen LogP contribution in [0.2, 0.25) is 0 Å². The van der Waals surface area contributed by atoms with Gasteiger partial charge >= 0.3 is 0 Å². The SMILES string of the molecule is Cc1ccc(=O)n(C(C(=O)c2ccc(F)cc2)C(=O)N2CCN(CC=Cc3ccccc3)CC2)c1. The van der Waals surface area contributed by atoms with Crippen molar-refractivity contribution in [1.82, 2.24) is 14.4 Å².